The van der Waals surface area contributed by atoms with Crippen molar-refractivity contribution in [3.8, 4) is 5.75 Å². The molecule has 0 heterocycles. The molecule has 0 unspecified atom stereocenters. The lowest BCUT2D eigenvalue weighted by Crippen LogP contribution is -2.31. The van der Waals surface area contributed by atoms with Crippen LogP contribution in [0.25, 0.3) is 0 Å². The van der Waals surface area contributed by atoms with Crippen LogP contribution >= 0.6 is 0 Å². The summed E-state index contributed by atoms with van der Waals surface area (Å²) in [6, 6.07) is 20.4. The smallest absolute Gasteiger partial charge is 0.262 e. The van der Waals surface area contributed by atoms with Crippen molar-refractivity contribution >= 4 is 33.2 Å². The van der Waals surface area contributed by atoms with Crippen molar-refractivity contribution in [1.82, 2.24) is 4.31 Å². The second-order valence-electron chi connectivity index (χ2n) is 7.72. The first-order valence-electron chi connectivity index (χ1n) is 11.2. The summed E-state index contributed by atoms with van der Waals surface area (Å²) in [4.78, 5) is 25.4. The number of carbonyl (C=O) groups excluding carboxylic acids is 2. The van der Waals surface area contributed by atoms with Crippen LogP contribution in [0, 0.1) is 6.92 Å². The van der Waals surface area contributed by atoms with Gasteiger partial charge in [-0.25, -0.2) is 8.42 Å². The highest BCUT2D eigenvalue weighted by Crippen LogP contribution is 2.24. The molecule has 0 aliphatic heterocycles. The van der Waals surface area contributed by atoms with Gasteiger partial charge in [0.25, 0.3) is 11.8 Å². The molecule has 184 valence electrons. The molecular weight excluding hydrogens is 466 g/mol. The monoisotopic (exact) mass is 495 g/mol. The van der Waals surface area contributed by atoms with E-state index in [1.165, 1.54) is 10.4 Å². The maximum Gasteiger partial charge on any atom is 0.262 e. The highest BCUT2D eigenvalue weighted by Gasteiger charge is 2.24. The highest BCUT2D eigenvalue weighted by atomic mass is 32.2. The molecule has 2 amide bonds. The number of nitrogens with one attached hydrogen (secondary N) is 2. The standard InChI is InChI=1S/C26H29N3O5S/c1-4-29(5-2)35(32,33)24-17-21(16-15-19(24)3)27-25(30)18-34-23-14-10-9-13-22(23)26(31)28-20-11-7-6-8-12-20/h6-17H,4-5,18H2,1-3H3,(H,27,30)(H,28,31). The zero-order valence-electron chi connectivity index (χ0n) is 19.9. The Morgan fingerprint density at radius 2 is 1.51 bits per heavy atom. The molecule has 35 heavy (non-hydrogen) atoms. The minimum atomic E-state index is -3.68. The van der Waals surface area contributed by atoms with Gasteiger partial charge in [0.2, 0.25) is 10.0 Å². The fraction of sp³-hybridized carbons (Fsp3) is 0.231. The van der Waals surface area contributed by atoms with Crippen LogP contribution in [0.3, 0.4) is 0 Å². The second kappa shape index (κ2) is 11.6. The van der Waals surface area contributed by atoms with Crippen molar-refractivity contribution in [3.63, 3.8) is 0 Å². The molecule has 0 radical (unpaired) electrons. The number of amides is 2. The number of carbonyl (C=O) groups is 2. The van der Waals surface area contributed by atoms with E-state index in [4.69, 9.17) is 4.74 Å². The second-order valence-corrected chi connectivity index (χ2v) is 9.63. The highest BCUT2D eigenvalue weighted by molar-refractivity contribution is 7.89. The molecule has 0 aromatic heterocycles. The van der Waals surface area contributed by atoms with Gasteiger partial charge in [-0.3, -0.25) is 9.59 Å². The van der Waals surface area contributed by atoms with Gasteiger partial charge in [0, 0.05) is 24.5 Å². The van der Waals surface area contributed by atoms with Crippen molar-refractivity contribution in [2.75, 3.05) is 30.3 Å². The first-order valence-corrected chi connectivity index (χ1v) is 12.7. The molecule has 3 aromatic rings. The summed E-state index contributed by atoms with van der Waals surface area (Å²) < 4.78 is 32.9. The molecular formula is C26H29N3O5S. The number of nitrogens with zero attached hydrogens (tertiary/aromatic N) is 1. The SMILES string of the molecule is CCN(CC)S(=O)(=O)c1cc(NC(=O)COc2ccccc2C(=O)Nc2ccccc2)ccc1C. The van der Waals surface area contributed by atoms with Crippen LogP contribution in [0.15, 0.2) is 77.7 Å². The molecule has 0 spiro atoms. The van der Waals surface area contributed by atoms with Crippen LogP contribution in [-0.4, -0.2) is 44.2 Å². The Kier molecular flexibility index (Phi) is 8.62. The number of rotatable bonds is 10. The quantitative estimate of drug-likeness (QED) is 0.436. The number of sulfonamides is 1. The Balaban J connectivity index is 1.69. The molecule has 0 atom stereocenters. The normalized spacial score (nSPS) is 11.2. The lowest BCUT2D eigenvalue weighted by atomic mass is 10.2. The third-order valence-corrected chi connectivity index (χ3v) is 7.51. The van der Waals surface area contributed by atoms with Gasteiger partial charge in [-0.2, -0.15) is 4.31 Å². The molecule has 8 nitrogen and oxygen atoms in total. The van der Waals surface area contributed by atoms with Crippen LogP contribution in [0.5, 0.6) is 5.75 Å². The number of aryl methyl sites for hydroxylation is 1. The summed E-state index contributed by atoms with van der Waals surface area (Å²) in [5.74, 6) is -0.597. The van der Waals surface area contributed by atoms with Crippen molar-refractivity contribution in [2.45, 2.75) is 25.7 Å². The Morgan fingerprint density at radius 1 is 0.857 bits per heavy atom. The first-order chi connectivity index (χ1) is 16.8. The van der Waals surface area contributed by atoms with E-state index in [-0.39, 0.29) is 28.7 Å². The third-order valence-electron chi connectivity index (χ3n) is 5.32. The number of anilines is 2. The minimum absolute atomic E-state index is 0.142. The van der Waals surface area contributed by atoms with Gasteiger partial charge in [0.1, 0.15) is 5.75 Å². The average molecular weight is 496 g/mol. The predicted octanol–water partition coefficient (Wildman–Crippen LogP) is 4.30. The lowest BCUT2D eigenvalue weighted by Gasteiger charge is -2.20. The molecule has 9 heteroatoms. The van der Waals surface area contributed by atoms with Crippen LogP contribution in [0.2, 0.25) is 0 Å². The molecule has 3 rings (SSSR count). The van der Waals surface area contributed by atoms with Gasteiger partial charge < -0.3 is 15.4 Å². The Hall–Kier alpha value is -3.69. The molecule has 0 bridgehead atoms. The number of ether oxygens (including phenoxy) is 1. The molecule has 0 aliphatic carbocycles. The third kappa shape index (κ3) is 6.46. The van der Waals surface area contributed by atoms with Crippen LogP contribution in [-0.2, 0) is 14.8 Å². The van der Waals surface area contributed by atoms with Gasteiger partial charge in [-0.1, -0.05) is 50.2 Å². The van der Waals surface area contributed by atoms with Crippen LogP contribution in [0.4, 0.5) is 11.4 Å². The van der Waals surface area contributed by atoms with Crippen molar-refractivity contribution < 1.29 is 22.7 Å². The maximum atomic E-state index is 12.9. The number of hydrogen-bond donors (Lipinski definition) is 2. The van der Waals surface area contributed by atoms with Gasteiger partial charge >= 0.3 is 0 Å². The predicted molar refractivity (Wildman–Crippen MR) is 136 cm³/mol. The van der Waals surface area contributed by atoms with Crippen LogP contribution in [0.1, 0.15) is 29.8 Å². The first kappa shape index (κ1) is 25.9. The van der Waals surface area contributed by atoms with E-state index in [0.717, 1.165) is 0 Å². The van der Waals surface area contributed by atoms with E-state index in [2.05, 4.69) is 10.6 Å². The number of benzene rings is 3. The number of hydrogen-bond acceptors (Lipinski definition) is 5. The molecule has 0 saturated carbocycles. The molecule has 0 aliphatic rings. The summed E-state index contributed by atoms with van der Waals surface area (Å²) in [7, 11) is -3.68. The van der Waals surface area contributed by atoms with Gasteiger partial charge in [-0.15, -0.1) is 0 Å². The molecule has 2 N–H and O–H groups in total. The summed E-state index contributed by atoms with van der Waals surface area (Å²) in [6.45, 7) is 5.60. The largest absolute Gasteiger partial charge is 0.483 e. The topological polar surface area (TPSA) is 105 Å². The van der Waals surface area contributed by atoms with Gasteiger partial charge in [0.15, 0.2) is 6.61 Å². The van der Waals surface area contributed by atoms with Gasteiger partial charge in [0.05, 0.1) is 10.5 Å². The van der Waals surface area contributed by atoms with Crippen molar-refractivity contribution in [2.24, 2.45) is 0 Å². The van der Waals surface area contributed by atoms with E-state index in [1.807, 2.05) is 18.2 Å². The average Bonchev–Trinajstić information content (AvgIpc) is 2.85. The Bertz CT molecular complexity index is 1290. The fourth-order valence-corrected chi connectivity index (χ4v) is 5.21. The van der Waals surface area contributed by atoms with Crippen molar-refractivity contribution in [3.05, 3.63) is 83.9 Å². The molecule has 0 saturated heterocycles. The summed E-state index contributed by atoms with van der Waals surface area (Å²) in [6.07, 6.45) is 0. The summed E-state index contributed by atoms with van der Waals surface area (Å²) in [5, 5.41) is 5.46. The van der Waals surface area contributed by atoms with E-state index >= 15 is 0 Å². The van der Waals surface area contributed by atoms with E-state index in [1.54, 1.807) is 69.3 Å². The lowest BCUT2D eigenvalue weighted by molar-refractivity contribution is -0.118. The van der Waals surface area contributed by atoms with E-state index in [0.29, 0.717) is 30.0 Å². The van der Waals surface area contributed by atoms with E-state index < -0.39 is 15.9 Å². The summed E-state index contributed by atoms with van der Waals surface area (Å²) in [5.41, 5.74) is 1.85. The summed E-state index contributed by atoms with van der Waals surface area (Å²) >= 11 is 0. The van der Waals surface area contributed by atoms with Gasteiger partial charge in [-0.05, 0) is 48.9 Å². The molecule has 0 fully saturated rings. The van der Waals surface area contributed by atoms with Crippen molar-refractivity contribution in [1.29, 1.82) is 0 Å². The zero-order valence-corrected chi connectivity index (χ0v) is 20.8. The van der Waals surface area contributed by atoms with Crippen LogP contribution < -0.4 is 15.4 Å². The molecule has 3 aromatic carbocycles. The fourth-order valence-electron chi connectivity index (χ4n) is 3.50. The van der Waals surface area contributed by atoms with E-state index in [9.17, 15) is 18.0 Å². The number of para-hydroxylation sites is 2. The minimum Gasteiger partial charge on any atom is -0.483 e. The Labute approximate surface area is 206 Å². The maximum absolute atomic E-state index is 12.9. The zero-order chi connectivity index (χ0) is 25.4. The Morgan fingerprint density at radius 3 is 2.20 bits per heavy atom.